The maximum absolute atomic E-state index is 11.4. The molecule has 7 heteroatoms. The number of piperidine rings is 1. The second kappa shape index (κ2) is 7.71. The third-order valence-electron chi connectivity index (χ3n) is 6.20. The number of aliphatic hydroxyl groups is 1. The number of aromatic nitrogens is 3. The first-order valence-electron chi connectivity index (χ1n) is 10.5. The minimum absolute atomic E-state index is 0.165. The van der Waals surface area contributed by atoms with Crippen molar-refractivity contribution in [2.24, 2.45) is 17.8 Å². The maximum Gasteiger partial charge on any atom is 0.219 e. The smallest absolute Gasteiger partial charge is 0.219 e. The highest BCUT2D eigenvalue weighted by atomic mass is 16.5. The first-order valence-corrected chi connectivity index (χ1v) is 10.5. The Morgan fingerprint density at radius 3 is 2.71 bits per heavy atom. The molecule has 3 heterocycles. The first kappa shape index (κ1) is 19.6. The van der Waals surface area contributed by atoms with Crippen molar-refractivity contribution >= 4 is 5.91 Å². The molecule has 1 aromatic carbocycles. The summed E-state index contributed by atoms with van der Waals surface area (Å²) in [7, 11) is 0. The number of hydrogen-bond donors (Lipinski definition) is 1. The summed E-state index contributed by atoms with van der Waals surface area (Å²) in [6.07, 6.45) is 2.84. The monoisotopic (exact) mass is 416 g/mol. The molecule has 2 fully saturated rings. The van der Waals surface area contributed by atoms with Crippen molar-refractivity contribution in [2.45, 2.75) is 26.5 Å². The molecule has 3 aromatic rings. The molecule has 1 aliphatic carbocycles. The van der Waals surface area contributed by atoms with Crippen molar-refractivity contribution < 1.29 is 14.4 Å². The van der Waals surface area contributed by atoms with Crippen LogP contribution in [-0.4, -0.2) is 43.7 Å². The highest BCUT2D eigenvalue weighted by molar-refractivity contribution is 5.74. The van der Waals surface area contributed by atoms with Crippen LogP contribution < -0.4 is 0 Å². The summed E-state index contributed by atoms with van der Waals surface area (Å²) in [6, 6.07) is 9.85. The fraction of sp³-hybridized carbons (Fsp3) is 0.375. The lowest BCUT2D eigenvalue weighted by Crippen LogP contribution is -2.28. The van der Waals surface area contributed by atoms with Crippen LogP contribution in [0.4, 0.5) is 0 Å². The van der Waals surface area contributed by atoms with E-state index in [4.69, 9.17) is 4.52 Å². The number of amides is 1. The van der Waals surface area contributed by atoms with Gasteiger partial charge in [-0.25, -0.2) is 4.98 Å². The molecule has 2 aromatic heterocycles. The minimum Gasteiger partial charge on any atom is -0.385 e. The van der Waals surface area contributed by atoms with E-state index >= 15 is 0 Å². The topological polar surface area (TPSA) is 84.4 Å². The standard InChI is InChI=1S/C24H24N4O3/c1-15(29)24-25-9-10-27(24)12-19-11-23(31-26-19)18-6-3-17(4-7-18)5-8-20-21-13-28(16(2)30)14-22(20)21/h3-4,6-7,9-11,15,20-22,29H,12-14H2,1-2H3/t15-,20-,21-,22+/m0/s1. The molecule has 0 unspecified atom stereocenters. The van der Waals surface area contributed by atoms with Crippen molar-refractivity contribution in [1.82, 2.24) is 19.6 Å². The second-order valence-electron chi connectivity index (χ2n) is 8.40. The fourth-order valence-corrected chi connectivity index (χ4v) is 4.40. The van der Waals surface area contributed by atoms with Crippen LogP contribution in [0.15, 0.2) is 47.2 Å². The van der Waals surface area contributed by atoms with Crippen LogP contribution in [-0.2, 0) is 11.3 Å². The number of nitrogens with zero attached hydrogens (tertiary/aromatic N) is 4. The van der Waals surface area contributed by atoms with Crippen LogP contribution in [0, 0.1) is 29.6 Å². The summed E-state index contributed by atoms with van der Waals surface area (Å²) in [4.78, 5) is 17.5. The van der Waals surface area contributed by atoms with Gasteiger partial charge in [-0.15, -0.1) is 0 Å². The Kier molecular flexibility index (Phi) is 4.87. The van der Waals surface area contributed by atoms with Crippen molar-refractivity contribution in [1.29, 1.82) is 0 Å². The number of carbonyl (C=O) groups excluding carboxylic acids is 1. The summed E-state index contributed by atoms with van der Waals surface area (Å²) in [6.45, 7) is 5.51. The molecule has 1 amide bonds. The summed E-state index contributed by atoms with van der Waals surface area (Å²) in [5.74, 6) is 9.63. The summed E-state index contributed by atoms with van der Waals surface area (Å²) >= 11 is 0. The Hall–Kier alpha value is -3.37. The van der Waals surface area contributed by atoms with Gasteiger partial charge in [-0.3, -0.25) is 4.79 Å². The zero-order valence-electron chi connectivity index (χ0n) is 17.5. The van der Waals surface area contributed by atoms with E-state index in [1.54, 1.807) is 20.0 Å². The average Bonchev–Trinajstić information content (AvgIpc) is 3.24. The molecule has 31 heavy (non-hydrogen) atoms. The quantitative estimate of drug-likeness (QED) is 0.661. The van der Waals surface area contributed by atoms with Gasteiger partial charge in [0.2, 0.25) is 5.91 Å². The summed E-state index contributed by atoms with van der Waals surface area (Å²) in [5, 5.41) is 13.9. The van der Waals surface area contributed by atoms with Crippen molar-refractivity contribution in [3.05, 3.63) is 59.8 Å². The number of carbonyl (C=O) groups is 1. The van der Waals surface area contributed by atoms with E-state index in [1.165, 1.54) is 0 Å². The van der Waals surface area contributed by atoms with E-state index in [0.717, 1.165) is 29.9 Å². The number of aliphatic hydroxyl groups excluding tert-OH is 1. The summed E-state index contributed by atoms with van der Waals surface area (Å²) in [5.41, 5.74) is 2.67. The normalized spacial score (nSPS) is 22.5. The van der Waals surface area contributed by atoms with E-state index in [0.29, 0.717) is 35.9 Å². The molecule has 158 valence electrons. The van der Waals surface area contributed by atoms with E-state index in [1.807, 2.05) is 46.0 Å². The van der Waals surface area contributed by atoms with Gasteiger partial charge in [-0.2, -0.15) is 0 Å². The van der Waals surface area contributed by atoms with Crippen LogP contribution in [0.25, 0.3) is 11.3 Å². The lowest BCUT2D eigenvalue weighted by Gasteiger charge is -2.15. The zero-order chi connectivity index (χ0) is 21.5. The number of likely N-dealkylation sites (tertiary alicyclic amines) is 1. The van der Waals surface area contributed by atoms with Crippen molar-refractivity contribution in [2.75, 3.05) is 13.1 Å². The number of hydrogen-bond acceptors (Lipinski definition) is 5. The summed E-state index contributed by atoms with van der Waals surface area (Å²) < 4.78 is 7.37. The van der Waals surface area contributed by atoms with Crippen molar-refractivity contribution in [3.63, 3.8) is 0 Å². The molecule has 0 bridgehead atoms. The first-order chi connectivity index (χ1) is 15.0. The lowest BCUT2D eigenvalue weighted by atomic mass is 10.1. The molecule has 1 N–H and O–H groups in total. The second-order valence-corrected chi connectivity index (χ2v) is 8.40. The Balaban J connectivity index is 1.22. The van der Waals surface area contributed by atoms with Crippen molar-refractivity contribution in [3.8, 4) is 23.2 Å². The molecule has 1 aliphatic heterocycles. The highest BCUT2D eigenvalue weighted by Crippen LogP contribution is 2.51. The van der Waals surface area contributed by atoms with E-state index in [2.05, 4.69) is 22.0 Å². The van der Waals surface area contributed by atoms with Gasteiger partial charge in [0.25, 0.3) is 0 Å². The fourth-order valence-electron chi connectivity index (χ4n) is 4.40. The van der Waals surface area contributed by atoms with Gasteiger partial charge in [0.1, 0.15) is 17.6 Å². The van der Waals surface area contributed by atoms with E-state index in [-0.39, 0.29) is 5.91 Å². The number of benzene rings is 1. The molecule has 0 radical (unpaired) electrons. The number of rotatable bonds is 4. The Morgan fingerprint density at radius 2 is 2.03 bits per heavy atom. The van der Waals surface area contributed by atoms with Crippen LogP contribution in [0.5, 0.6) is 0 Å². The van der Waals surface area contributed by atoms with Gasteiger partial charge < -0.3 is 19.1 Å². The van der Waals surface area contributed by atoms with Crippen LogP contribution in [0.3, 0.4) is 0 Å². The SMILES string of the molecule is CC(=O)N1C[C@@H]2[C@@H](C#Cc3ccc(-c4cc(Cn5ccnc5[C@H](C)O)no4)cc3)[C@@H]2C1. The number of fused-ring (bicyclic) bond motifs is 1. The minimum atomic E-state index is -0.640. The van der Waals surface area contributed by atoms with Gasteiger partial charge in [-0.1, -0.05) is 17.0 Å². The van der Waals surface area contributed by atoms with Crippen LogP contribution in [0.1, 0.15) is 37.0 Å². The van der Waals surface area contributed by atoms with E-state index in [9.17, 15) is 9.90 Å². The van der Waals surface area contributed by atoms with Gasteiger partial charge in [0.15, 0.2) is 5.76 Å². The predicted octanol–water partition coefficient (Wildman–Crippen LogP) is 2.72. The molecule has 1 saturated heterocycles. The van der Waals surface area contributed by atoms with Gasteiger partial charge in [0, 0.05) is 55.5 Å². The number of imidazole rings is 1. The largest absolute Gasteiger partial charge is 0.385 e. The van der Waals surface area contributed by atoms with Gasteiger partial charge in [-0.05, 0) is 43.0 Å². The molecule has 7 nitrogen and oxygen atoms in total. The molecule has 5 rings (SSSR count). The molecule has 1 saturated carbocycles. The molecular weight excluding hydrogens is 392 g/mol. The average molecular weight is 416 g/mol. The third-order valence-corrected chi connectivity index (χ3v) is 6.20. The molecular formula is C24H24N4O3. The molecule has 4 atom stereocenters. The molecule has 0 spiro atoms. The Morgan fingerprint density at radius 1 is 1.29 bits per heavy atom. The zero-order valence-corrected chi connectivity index (χ0v) is 17.5. The van der Waals surface area contributed by atoms with Crippen LogP contribution in [0.2, 0.25) is 0 Å². The Bertz CT molecular complexity index is 1150. The van der Waals surface area contributed by atoms with Crippen LogP contribution >= 0.6 is 0 Å². The maximum atomic E-state index is 11.4. The predicted molar refractivity (Wildman–Crippen MR) is 114 cm³/mol. The lowest BCUT2D eigenvalue weighted by molar-refractivity contribution is -0.128. The van der Waals surface area contributed by atoms with Gasteiger partial charge in [0.05, 0.1) is 6.54 Å². The highest BCUT2D eigenvalue weighted by Gasteiger charge is 2.55. The Labute approximate surface area is 180 Å². The van der Waals surface area contributed by atoms with Gasteiger partial charge >= 0.3 is 0 Å². The molecule has 2 aliphatic rings. The van der Waals surface area contributed by atoms with E-state index < -0.39 is 6.10 Å². The third kappa shape index (κ3) is 3.87.